The second-order valence-corrected chi connectivity index (χ2v) is 4.32. The van der Waals surface area contributed by atoms with Crippen LogP contribution in [0.1, 0.15) is 5.56 Å². The first-order valence-electron chi connectivity index (χ1n) is 5.61. The Kier molecular flexibility index (Phi) is 2.86. The van der Waals surface area contributed by atoms with Crippen molar-refractivity contribution in [3.63, 3.8) is 0 Å². The van der Waals surface area contributed by atoms with E-state index in [4.69, 9.17) is 21.4 Å². The van der Waals surface area contributed by atoms with Crippen molar-refractivity contribution in [3.05, 3.63) is 58.9 Å². The zero-order valence-corrected chi connectivity index (χ0v) is 10.4. The summed E-state index contributed by atoms with van der Waals surface area (Å²) in [7, 11) is 0. The number of H-pyrrole nitrogens is 1. The van der Waals surface area contributed by atoms with E-state index >= 15 is 0 Å². The Balaban J connectivity index is 1.80. The van der Waals surface area contributed by atoms with Gasteiger partial charge in [-0.15, -0.1) is 0 Å². The van der Waals surface area contributed by atoms with Gasteiger partial charge in [-0.1, -0.05) is 30.3 Å². The van der Waals surface area contributed by atoms with Gasteiger partial charge in [0.2, 0.25) is 0 Å². The van der Waals surface area contributed by atoms with Crippen LogP contribution in [0.4, 0.5) is 0 Å². The molecular weight excluding hydrogens is 246 g/mol. The van der Waals surface area contributed by atoms with E-state index in [0.29, 0.717) is 11.4 Å². The van der Waals surface area contributed by atoms with E-state index in [2.05, 4.69) is 4.98 Å². The molecule has 3 nitrogen and oxygen atoms in total. The molecule has 0 fully saturated rings. The summed E-state index contributed by atoms with van der Waals surface area (Å²) in [4.78, 5) is 3.34. The number of aromatic amines is 1. The van der Waals surface area contributed by atoms with Crippen LogP contribution < -0.4 is 4.74 Å². The highest BCUT2D eigenvalue weighted by Gasteiger charge is 2.01. The molecule has 0 saturated carbocycles. The van der Waals surface area contributed by atoms with Gasteiger partial charge in [0.05, 0.1) is 5.52 Å². The molecule has 18 heavy (non-hydrogen) atoms. The van der Waals surface area contributed by atoms with Crippen molar-refractivity contribution in [1.82, 2.24) is 4.98 Å². The molecular formula is C14H11NO2S. The summed E-state index contributed by atoms with van der Waals surface area (Å²) in [5.74, 6) is 0.790. The molecule has 2 aromatic carbocycles. The molecule has 0 bridgehead atoms. The van der Waals surface area contributed by atoms with Crippen LogP contribution in [-0.4, -0.2) is 4.98 Å². The zero-order valence-electron chi connectivity index (χ0n) is 9.55. The van der Waals surface area contributed by atoms with Gasteiger partial charge in [-0.3, -0.25) is 0 Å². The van der Waals surface area contributed by atoms with Gasteiger partial charge in [0.25, 0.3) is 4.84 Å². The number of hydrogen-bond donors (Lipinski definition) is 1. The maximum Gasteiger partial charge on any atom is 0.266 e. The number of oxazole rings is 1. The van der Waals surface area contributed by atoms with Crippen molar-refractivity contribution in [2.45, 2.75) is 6.61 Å². The second-order valence-electron chi connectivity index (χ2n) is 3.95. The fourth-order valence-corrected chi connectivity index (χ4v) is 1.96. The van der Waals surface area contributed by atoms with E-state index in [1.54, 1.807) is 0 Å². The lowest BCUT2D eigenvalue weighted by molar-refractivity contribution is 0.306. The summed E-state index contributed by atoms with van der Waals surface area (Å²) < 4.78 is 11.0. The number of fused-ring (bicyclic) bond motifs is 1. The smallest absolute Gasteiger partial charge is 0.266 e. The van der Waals surface area contributed by atoms with Crippen LogP contribution >= 0.6 is 12.2 Å². The molecule has 0 aliphatic carbocycles. The van der Waals surface area contributed by atoms with E-state index in [0.717, 1.165) is 22.4 Å². The van der Waals surface area contributed by atoms with E-state index in [1.807, 2.05) is 48.5 Å². The summed E-state index contributed by atoms with van der Waals surface area (Å²) in [6.45, 7) is 0.547. The lowest BCUT2D eigenvalue weighted by atomic mass is 10.2. The molecule has 0 aliphatic rings. The fraction of sp³-hybridized carbons (Fsp3) is 0.0714. The standard InChI is InChI=1S/C14H11NO2S/c18-14-15-12-8-11(6-7-13(12)17-14)16-9-10-4-2-1-3-5-10/h1-8H,9H2,(H,15,18). The van der Waals surface area contributed by atoms with Crippen LogP contribution in [0, 0.1) is 4.84 Å². The van der Waals surface area contributed by atoms with Gasteiger partial charge >= 0.3 is 0 Å². The van der Waals surface area contributed by atoms with Crippen molar-refractivity contribution in [2.24, 2.45) is 0 Å². The Morgan fingerprint density at radius 2 is 1.94 bits per heavy atom. The predicted octanol–water partition coefficient (Wildman–Crippen LogP) is 4.07. The highest BCUT2D eigenvalue weighted by Crippen LogP contribution is 2.21. The average Bonchev–Trinajstić information content (AvgIpc) is 2.77. The van der Waals surface area contributed by atoms with Crippen molar-refractivity contribution in [1.29, 1.82) is 0 Å². The molecule has 4 heteroatoms. The topological polar surface area (TPSA) is 38.2 Å². The Morgan fingerprint density at radius 1 is 1.11 bits per heavy atom. The first-order valence-corrected chi connectivity index (χ1v) is 6.02. The summed E-state index contributed by atoms with van der Waals surface area (Å²) >= 11 is 4.93. The van der Waals surface area contributed by atoms with Crippen molar-refractivity contribution >= 4 is 23.3 Å². The molecule has 1 aromatic heterocycles. The molecule has 0 atom stereocenters. The highest BCUT2D eigenvalue weighted by molar-refractivity contribution is 7.71. The van der Waals surface area contributed by atoms with Crippen LogP contribution in [0.5, 0.6) is 5.75 Å². The molecule has 1 N–H and O–H groups in total. The van der Waals surface area contributed by atoms with Crippen LogP contribution in [0.15, 0.2) is 52.9 Å². The van der Waals surface area contributed by atoms with E-state index < -0.39 is 0 Å². The third kappa shape index (κ3) is 2.28. The van der Waals surface area contributed by atoms with Gasteiger partial charge in [-0.2, -0.15) is 0 Å². The monoisotopic (exact) mass is 257 g/mol. The number of aromatic nitrogens is 1. The van der Waals surface area contributed by atoms with Crippen LogP contribution in [0.25, 0.3) is 11.1 Å². The summed E-state index contributed by atoms with van der Waals surface area (Å²) in [6.07, 6.45) is 0. The van der Waals surface area contributed by atoms with Crippen molar-refractivity contribution in [3.8, 4) is 5.75 Å². The number of benzene rings is 2. The number of rotatable bonds is 3. The minimum atomic E-state index is 0.380. The number of hydrogen-bond acceptors (Lipinski definition) is 3. The van der Waals surface area contributed by atoms with E-state index in [1.165, 1.54) is 0 Å². The van der Waals surface area contributed by atoms with Crippen molar-refractivity contribution in [2.75, 3.05) is 0 Å². The zero-order chi connectivity index (χ0) is 12.4. The largest absolute Gasteiger partial charge is 0.489 e. The van der Waals surface area contributed by atoms with Crippen LogP contribution in [0.3, 0.4) is 0 Å². The third-order valence-corrected chi connectivity index (χ3v) is 2.82. The molecule has 0 saturated heterocycles. The first kappa shape index (κ1) is 11.0. The third-order valence-electron chi connectivity index (χ3n) is 2.64. The minimum absolute atomic E-state index is 0.380. The summed E-state index contributed by atoms with van der Waals surface area (Å²) in [6, 6.07) is 15.6. The molecule has 90 valence electrons. The van der Waals surface area contributed by atoms with Crippen molar-refractivity contribution < 1.29 is 9.15 Å². The molecule has 0 aliphatic heterocycles. The van der Waals surface area contributed by atoms with E-state index in [-0.39, 0.29) is 0 Å². The first-order chi connectivity index (χ1) is 8.81. The minimum Gasteiger partial charge on any atom is -0.489 e. The molecule has 0 spiro atoms. The van der Waals surface area contributed by atoms with Gasteiger partial charge in [-0.05, 0) is 29.9 Å². The Bertz CT molecular complexity index is 715. The van der Waals surface area contributed by atoms with Gasteiger partial charge < -0.3 is 14.1 Å². The van der Waals surface area contributed by atoms with Gasteiger partial charge in [0, 0.05) is 6.07 Å². The highest BCUT2D eigenvalue weighted by atomic mass is 32.1. The Labute approximate surface area is 109 Å². The quantitative estimate of drug-likeness (QED) is 0.719. The van der Waals surface area contributed by atoms with Gasteiger partial charge in [0.1, 0.15) is 12.4 Å². The van der Waals surface area contributed by atoms with E-state index in [9.17, 15) is 0 Å². The van der Waals surface area contributed by atoms with Crippen LogP contribution in [0.2, 0.25) is 0 Å². The number of nitrogens with one attached hydrogen (secondary N) is 1. The van der Waals surface area contributed by atoms with Gasteiger partial charge in [-0.25, -0.2) is 0 Å². The van der Waals surface area contributed by atoms with Crippen LogP contribution in [-0.2, 0) is 6.61 Å². The summed E-state index contributed by atoms with van der Waals surface area (Å²) in [5, 5.41) is 0. The SMILES string of the molecule is S=c1[nH]c2cc(OCc3ccccc3)ccc2o1. The molecule has 0 unspecified atom stereocenters. The predicted molar refractivity (Wildman–Crippen MR) is 72.2 cm³/mol. The maximum absolute atomic E-state index is 5.71. The molecule has 1 heterocycles. The summed E-state index contributed by atoms with van der Waals surface area (Å²) in [5.41, 5.74) is 2.73. The average molecular weight is 257 g/mol. The molecule has 0 amide bonds. The Morgan fingerprint density at radius 3 is 2.78 bits per heavy atom. The number of ether oxygens (including phenoxy) is 1. The lowest BCUT2D eigenvalue weighted by Gasteiger charge is -2.05. The molecule has 3 rings (SSSR count). The van der Waals surface area contributed by atoms with Gasteiger partial charge in [0.15, 0.2) is 5.58 Å². The molecule has 0 radical (unpaired) electrons. The normalized spacial score (nSPS) is 10.7. The fourth-order valence-electron chi connectivity index (χ4n) is 1.76. The molecule has 3 aromatic rings. The lowest BCUT2D eigenvalue weighted by Crippen LogP contribution is -1.94. The second kappa shape index (κ2) is 4.66. The Hall–Kier alpha value is -2.07. The maximum atomic E-state index is 5.71.